The van der Waals surface area contributed by atoms with Crippen LogP contribution in [0.15, 0.2) is 29.0 Å². The van der Waals surface area contributed by atoms with E-state index in [0.29, 0.717) is 23.1 Å². The van der Waals surface area contributed by atoms with Crippen LogP contribution in [-0.2, 0) is 0 Å². The van der Waals surface area contributed by atoms with Gasteiger partial charge in [-0.05, 0) is 31.9 Å². The van der Waals surface area contributed by atoms with Crippen molar-refractivity contribution in [2.45, 2.75) is 71.3 Å². The molecule has 8 heteroatoms. The number of carbonyl (C=O) groups is 1. The van der Waals surface area contributed by atoms with Crippen molar-refractivity contribution in [2.75, 3.05) is 0 Å². The molecule has 0 radical (unpaired) electrons. The van der Waals surface area contributed by atoms with Crippen LogP contribution < -0.4 is 5.32 Å². The minimum absolute atomic E-state index is 0.0692. The molecule has 158 valence electrons. The van der Waals surface area contributed by atoms with Crippen molar-refractivity contribution in [1.29, 1.82) is 0 Å². The highest BCUT2D eigenvalue weighted by Gasteiger charge is 2.20. The highest BCUT2D eigenvalue weighted by Crippen LogP contribution is 2.23. The minimum atomic E-state index is -0.0692. The predicted molar refractivity (Wildman–Crippen MR) is 112 cm³/mol. The first-order valence-corrected chi connectivity index (χ1v) is 10.7. The molecule has 1 fully saturated rings. The Labute approximate surface area is 176 Å². The molecular weight excluding hydrogens is 380 g/mol. The normalized spacial score (nSPS) is 15.3. The maximum Gasteiger partial charge on any atom is 0.258 e. The van der Waals surface area contributed by atoms with E-state index < -0.39 is 0 Å². The molecule has 0 aromatic carbocycles. The molecule has 1 saturated carbocycles. The summed E-state index contributed by atoms with van der Waals surface area (Å²) in [4.78, 5) is 21.7. The third-order valence-electron chi connectivity index (χ3n) is 5.61. The van der Waals surface area contributed by atoms with Crippen LogP contribution in [0.2, 0.25) is 0 Å². The zero-order chi connectivity index (χ0) is 21.1. The lowest BCUT2D eigenvalue weighted by Gasteiger charge is -2.16. The first kappa shape index (κ1) is 20.3. The van der Waals surface area contributed by atoms with Gasteiger partial charge in [0.05, 0.1) is 17.5 Å². The number of hydrogen-bond acceptors (Lipinski definition) is 6. The first-order valence-electron chi connectivity index (χ1n) is 10.7. The van der Waals surface area contributed by atoms with E-state index in [1.165, 1.54) is 25.7 Å². The molecule has 3 aromatic heterocycles. The Hall–Kier alpha value is -3.03. The van der Waals surface area contributed by atoms with Gasteiger partial charge in [0.15, 0.2) is 11.6 Å². The zero-order valence-corrected chi connectivity index (χ0v) is 17.8. The van der Waals surface area contributed by atoms with E-state index in [1.807, 2.05) is 32.9 Å². The summed E-state index contributed by atoms with van der Waals surface area (Å²) in [6.07, 6.45) is 10.2. The van der Waals surface area contributed by atoms with Gasteiger partial charge in [0.2, 0.25) is 0 Å². The number of rotatable bonds is 5. The highest BCUT2D eigenvalue weighted by molar-refractivity contribution is 5.95. The third kappa shape index (κ3) is 4.27. The lowest BCUT2D eigenvalue weighted by Crippen LogP contribution is -2.34. The molecule has 8 nitrogen and oxygen atoms in total. The summed E-state index contributed by atoms with van der Waals surface area (Å²) in [5.41, 5.74) is 2.09. The molecule has 0 spiro atoms. The number of carbonyl (C=O) groups excluding carboxylic acids is 1. The average molecular weight is 409 g/mol. The number of pyridine rings is 1. The molecule has 1 aliphatic carbocycles. The Balaban J connectivity index is 1.55. The molecule has 0 atom stereocenters. The summed E-state index contributed by atoms with van der Waals surface area (Å²) >= 11 is 0. The Morgan fingerprint density at radius 2 is 2.00 bits per heavy atom. The summed E-state index contributed by atoms with van der Waals surface area (Å²) < 4.78 is 7.06. The lowest BCUT2D eigenvalue weighted by atomic mass is 10.1. The quantitative estimate of drug-likeness (QED) is 0.635. The first-order chi connectivity index (χ1) is 14.5. The Morgan fingerprint density at radius 3 is 2.70 bits per heavy atom. The molecule has 0 aliphatic heterocycles. The van der Waals surface area contributed by atoms with Gasteiger partial charge < -0.3 is 9.84 Å². The van der Waals surface area contributed by atoms with Crippen molar-refractivity contribution in [3.05, 3.63) is 41.6 Å². The smallest absolute Gasteiger partial charge is 0.258 e. The SMILES string of the molecule is Cc1c(C(=O)NC2CCCCCC2)cnn1-c1cc(-c2nc(C(C)C)no2)ccn1. The standard InChI is InChI=1S/C22H28N6O2/c1-14(2)20-26-22(30-27-20)16-10-11-23-19(12-16)28-15(3)18(13-24-28)21(29)25-17-8-6-4-5-7-9-17/h10-14,17H,4-9H2,1-3H3,(H,25,29). The topological polar surface area (TPSA) is 98.7 Å². The van der Waals surface area contributed by atoms with Crippen LogP contribution in [0, 0.1) is 6.92 Å². The van der Waals surface area contributed by atoms with Crippen LogP contribution in [0.5, 0.6) is 0 Å². The zero-order valence-electron chi connectivity index (χ0n) is 17.8. The summed E-state index contributed by atoms with van der Waals surface area (Å²) in [6, 6.07) is 3.90. The number of amides is 1. The largest absolute Gasteiger partial charge is 0.349 e. The van der Waals surface area contributed by atoms with Gasteiger partial charge in [-0.1, -0.05) is 44.7 Å². The number of hydrogen-bond donors (Lipinski definition) is 1. The molecule has 3 heterocycles. The molecule has 30 heavy (non-hydrogen) atoms. The molecule has 4 rings (SSSR count). The van der Waals surface area contributed by atoms with Crippen molar-refractivity contribution in [3.63, 3.8) is 0 Å². The van der Waals surface area contributed by atoms with Crippen molar-refractivity contribution in [3.8, 4) is 17.3 Å². The van der Waals surface area contributed by atoms with Crippen molar-refractivity contribution >= 4 is 5.91 Å². The number of aromatic nitrogens is 5. The number of nitrogens with zero attached hydrogens (tertiary/aromatic N) is 5. The van der Waals surface area contributed by atoms with Crippen molar-refractivity contribution in [2.24, 2.45) is 0 Å². The molecule has 0 unspecified atom stereocenters. The van der Waals surface area contributed by atoms with Crippen LogP contribution in [0.4, 0.5) is 0 Å². The second-order valence-electron chi connectivity index (χ2n) is 8.23. The van der Waals surface area contributed by atoms with E-state index in [9.17, 15) is 4.79 Å². The van der Waals surface area contributed by atoms with Gasteiger partial charge >= 0.3 is 0 Å². The fourth-order valence-corrected chi connectivity index (χ4v) is 3.80. The molecule has 0 bridgehead atoms. The Kier molecular flexibility index (Phi) is 5.92. The molecule has 1 amide bonds. The van der Waals surface area contributed by atoms with E-state index in [1.54, 1.807) is 17.1 Å². The van der Waals surface area contributed by atoms with Gasteiger partial charge in [-0.15, -0.1) is 0 Å². The van der Waals surface area contributed by atoms with E-state index in [2.05, 4.69) is 25.5 Å². The van der Waals surface area contributed by atoms with Crippen LogP contribution in [0.1, 0.15) is 80.2 Å². The summed E-state index contributed by atoms with van der Waals surface area (Å²) in [6.45, 7) is 5.91. The van der Waals surface area contributed by atoms with Gasteiger partial charge in [0.1, 0.15) is 0 Å². The van der Waals surface area contributed by atoms with E-state index in [0.717, 1.165) is 24.1 Å². The number of nitrogens with one attached hydrogen (secondary N) is 1. The third-order valence-corrected chi connectivity index (χ3v) is 5.61. The van der Waals surface area contributed by atoms with Crippen LogP contribution >= 0.6 is 0 Å². The maximum atomic E-state index is 12.8. The Bertz CT molecular complexity index is 1010. The molecule has 0 saturated heterocycles. The molecular formula is C22H28N6O2. The lowest BCUT2D eigenvalue weighted by molar-refractivity contribution is 0.0932. The molecule has 1 aliphatic rings. The highest BCUT2D eigenvalue weighted by atomic mass is 16.5. The van der Waals surface area contributed by atoms with Crippen LogP contribution in [-0.4, -0.2) is 36.9 Å². The van der Waals surface area contributed by atoms with E-state index >= 15 is 0 Å². The minimum Gasteiger partial charge on any atom is -0.349 e. The van der Waals surface area contributed by atoms with Gasteiger partial charge in [-0.3, -0.25) is 4.79 Å². The fraction of sp³-hybridized carbons (Fsp3) is 0.500. The molecule has 1 N–H and O–H groups in total. The van der Waals surface area contributed by atoms with Crippen LogP contribution in [0.3, 0.4) is 0 Å². The monoisotopic (exact) mass is 408 g/mol. The van der Waals surface area contributed by atoms with Gasteiger partial charge in [-0.25, -0.2) is 9.67 Å². The summed E-state index contributed by atoms with van der Waals surface area (Å²) in [7, 11) is 0. The van der Waals surface area contributed by atoms with Gasteiger partial charge in [-0.2, -0.15) is 10.1 Å². The summed E-state index contributed by atoms with van der Waals surface area (Å²) in [5, 5.41) is 11.6. The van der Waals surface area contributed by atoms with Gasteiger partial charge in [0.25, 0.3) is 11.8 Å². The Morgan fingerprint density at radius 1 is 1.23 bits per heavy atom. The van der Waals surface area contributed by atoms with E-state index in [4.69, 9.17) is 4.52 Å². The maximum absolute atomic E-state index is 12.8. The second kappa shape index (κ2) is 8.77. The van der Waals surface area contributed by atoms with Crippen molar-refractivity contribution < 1.29 is 9.32 Å². The van der Waals surface area contributed by atoms with Gasteiger partial charge in [0, 0.05) is 23.7 Å². The van der Waals surface area contributed by atoms with Crippen LogP contribution in [0.25, 0.3) is 17.3 Å². The molecule has 3 aromatic rings. The summed E-state index contributed by atoms with van der Waals surface area (Å²) in [5.74, 6) is 1.82. The average Bonchev–Trinajstić information content (AvgIpc) is 3.30. The second-order valence-corrected chi connectivity index (χ2v) is 8.23. The van der Waals surface area contributed by atoms with E-state index in [-0.39, 0.29) is 17.9 Å². The fourth-order valence-electron chi connectivity index (χ4n) is 3.80. The van der Waals surface area contributed by atoms with Crippen molar-refractivity contribution in [1.82, 2.24) is 30.2 Å². The predicted octanol–water partition coefficient (Wildman–Crippen LogP) is 4.20.